The number of ether oxygens (including phenoxy) is 1. The van der Waals surface area contributed by atoms with E-state index in [-0.39, 0.29) is 17.9 Å². The van der Waals surface area contributed by atoms with Crippen molar-refractivity contribution in [2.24, 2.45) is 0 Å². The number of nitro groups is 1. The molecule has 2 rings (SSSR count). The van der Waals surface area contributed by atoms with Crippen molar-refractivity contribution in [3.8, 4) is 11.8 Å². The van der Waals surface area contributed by atoms with E-state index in [2.05, 4.69) is 10.6 Å². The van der Waals surface area contributed by atoms with Gasteiger partial charge in [0.25, 0.3) is 5.69 Å². The minimum Gasteiger partial charge on any atom is -0.496 e. The third-order valence-corrected chi connectivity index (χ3v) is 3.12. The number of hydrogen-bond acceptors (Lipinski definition) is 6. The Bertz CT molecular complexity index is 814. The quantitative estimate of drug-likeness (QED) is 0.622. The van der Waals surface area contributed by atoms with Crippen molar-refractivity contribution < 1.29 is 14.5 Å². The fraction of sp³-hybridized carbons (Fsp3) is 0.125. The zero-order valence-corrected chi connectivity index (χ0v) is 12.8. The molecule has 2 aromatic rings. The van der Waals surface area contributed by atoms with Gasteiger partial charge in [-0.1, -0.05) is 6.07 Å². The van der Waals surface area contributed by atoms with Gasteiger partial charge in [0.2, 0.25) is 5.91 Å². The summed E-state index contributed by atoms with van der Waals surface area (Å²) in [7, 11) is 1.40. The number of benzene rings is 2. The molecule has 0 aliphatic heterocycles. The van der Waals surface area contributed by atoms with Crippen LogP contribution in [0.25, 0.3) is 0 Å². The summed E-state index contributed by atoms with van der Waals surface area (Å²) in [5.74, 6) is -0.128. The van der Waals surface area contributed by atoms with E-state index >= 15 is 0 Å². The summed E-state index contributed by atoms with van der Waals surface area (Å²) in [5.41, 5.74) is 0.896. The minimum atomic E-state index is -0.595. The highest BCUT2D eigenvalue weighted by molar-refractivity contribution is 5.95. The molecule has 0 saturated carbocycles. The van der Waals surface area contributed by atoms with Crippen molar-refractivity contribution in [3.63, 3.8) is 0 Å². The lowest BCUT2D eigenvalue weighted by molar-refractivity contribution is -0.384. The second-order valence-electron chi connectivity index (χ2n) is 4.73. The summed E-state index contributed by atoms with van der Waals surface area (Å²) in [5, 5.41) is 25.2. The molecule has 0 radical (unpaired) electrons. The molecular formula is C16H14N4O4. The molecule has 2 aromatic carbocycles. The maximum Gasteiger partial charge on any atom is 0.296 e. The van der Waals surface area contributed by atoms with Gasteiger partial charge in [0.1, 0.15) is 11.4 Å². The molecular weight excluding hydrogens is 312 g/mol. The standard InChI is InChI=1S/C16H14N4O4/c1-24-13-5-6-14(15(8-13)20(22)23)19-16(21)10-18-12-4-2-3-11(7-12)9-17/h2-8,18H,10H2,1H3,(H,19,21). The molecule has 0 saturated heterocycles. The number of methoxy groups -OCH3 is 1. The predicted molar refractivity (Wildman–Crippen MR) is 87.9 cm³/mol. The van der Waals surface area contributed by atoms with Crippen molar-refractivity contribution in [1.29, 1.82) is 5.26 Å². The van der Waals surface area contributed by atoms with Gasteiger partial charge in [0.15, 0.2) is 0 Å². The third kappa shape index (κ3) is 4.20. The van der Waals surface area contributed by atoms with Gasteiger partial charge in [-0.05, 0) is 30.3 Å². The molecule has 0 aromatic heterocycles. The first kappa shape index (κ1) is 16.8. The number of carbonyl (C=O) groups excluding carboxylic acids is 1. The smallest absolute Gasteiger partial charge is 0.296 e. The number of nitriles is 1. The van der Waals surface area contributed by atoms with Crippen molar-refractivity contribution in [3.05, 3.63) is 58.1 Å². The zero-order chi connectivity index (χ0) is 17.5. The lowest BCUT2D eigenvalue weighted by Gasteiger charge is -2.09. The summed E-state index contributed by atoms with van der Waals surface area (Å²) in [4.78, 5) is 22.5. The topological polar surface area (TPSA) is 117 Å². The van der Waals surface area contributed by atoms with Gasteiger partial charge in [0, 0.05) is 5.69 Å². The van der Waals surface area contributed by atoms with Gasteiger partial charge in [-0.15, -0.1) is 0 Å². The monoisotopic (exact) mass is 326 g/mol. The summed E-state index contributed by atoms with van der Waals surface area (Å²) >= 11 is 0. The number of carbonyl (C=O) groups is 1. The van der Waals surface area contributed by atoms with E-state index in [9.17, 15) is 14.9 Å². The highest BCUT2D eigenvalue weighted by Gasteiger charge is 2.17. The molecule has 0 heterocycles. The highest BCUT2D eigenvalue weighted by Crippen LogP contribution is 2.28. The van der Waals surface area contributed by atoms with Crippen LogP contribution in [-0.4, -0.2) is 24.5 Å². The molecule has 122 valence electrons. The average Bonchev–Trinajstić information content (AvgIpc) is 2.60. The first-order valence-corrected chi connectivity index (χ1v) is 6.90. The summed E-state index contributed by atoms with van der Waals surface area (Å²) in [6, 6.07) is 12.8. The van der Waals surface area contributed by atoms with Crippen LogP contribution in [0.15, 0.2) is 42.5 Å². The van der Waals surface area contributed by atoms with E-state index in [4.69, 9.17) is 10.00 Å². The highest BCUT2D eigenvalue weighted by atomic mass is 16.6. The normalized spacial score (nSPS) is 9.67. The minimum absolute atomic E-state index is 0.0818. The Balaban J connectivity index is 2.04. The number of hydrogen-bond donors (Lipinski definition) is 2. The van der Waals surface area contributed by atoms with Crippen LogP contribution in [0.4, 0.5) is 17.1 Å². The number of rotatable bonds is 6. The van der Waals surface area contributed by atoms with Crippen molar-refractivity contribution in [2.45, 2.75) is 0 Å². The van der Waals surface area contributed by atoms with Crippen LogP contribution in [0, 0.1) is 21.4 Å². The van der Waals surface area contributed by atoms with Crippen molar-refractivity contribution in [1.82, 2.24) is 0 Å². The van der Waals surface area contributed by atoms with Crippen LogP contribution in [0.5, 0.6) is 5.75 Å². The molecule has 0 aliphatic carbocycles. The maximum atomic E-state index is 12.0. The fourth-order valence-corrected chi connectivity index (χ4v) is 1.97. The Morgan fingerprint density at radius 1 is 1.33 bits per heavy atom. The second-order valence-corrected chi connectivity index (χ2v) is 4.73. The van der Waals surface area contributed by atoms with Crippen molar-refractivity contribution >= 4 is 23.0 Å². The van der Waals surface area contributed by atoms with E-state index in [0.717, 1.165) is 0 Å². The molecule has 0 atom stereocenters. The first-order chi connectivity index (χ1) is 11.5. The molecule has 0 fully saturated rings. The van der Waals surface area contributed by atoms with E-state index in [0.29, 0.717) is 17.0 Å². The van der Waals surface area contributed by atoms with E-state index in [1.165, 1.54) is 25.3 Å². The van der Waals surface area contributed by atoms with Crippen LogP contribution in [0.1, 0.15) is 5.56 Å². The van der Waals surface area contributed by atoms with Gasteiger partial charge in [-0.3, -0.25) is 14.9 Å². The third-order valence-electron chi connectivity index (χ3n) is 3.12. The Morgan fingerprint density at radius 3 is 2.79 bits per heavy atom. The zero-order valence-electron chi connectivity index (χ0n) is 12.8. The SMILES string of the molecule is COc1ccc(NC(=O)CNc2cccc(C#N)c2)c([N+](=O)[O-])c1. The average molecular weight is 326 g/mol. The van der Waals surface area contributed by atoms with Gasteiger partial charge in [0.05, 0.1) is 36.3 Å². The lowest BCUT2D eigenvalue weighted by Crippen LogP contribution is -2.22. The Hall–Kier alpha value is -3.60. The number of amides is 1. The molecule has 0 unspecified atom stereocenters. The Labute approximate surface area is 137 Å². The molecule has 8 nitrogen and oxygen atoms in total. The molecule has 8 heteroatoms. The molecule has 24 heavy (non-hydrogen) atoms. The largest absolute Gasteiger partial charge is 0.496 e. The summed E-state index contributed by atoms with van der Waals surface area (Å²) in [6.45, 7) is -0.0991. The first-order valence-electron chi connectivity index (χ1n) is 6.90. The number of anilines is 2. The molecule has 0 aliphatic rings. The molecule has 0 bridgehead atoms. The van der Waals surface area contributed by atoms with Crippen LogP contribution in [0.2, 0.25) is 0 Å². The van der Waals surface area contributed by atoms with E-state index in [1.54, 1.807) is 24.3 Å². The molecule has 1 amide bonds. The summed E-state index contributed by atoms with van der Waals surface area (Å²) < 4.78 is 4.94. The summed E-state index contributed by atoms with van der Waals surface area (Å²) in [6.07, 6.45) is 0. The molecule has 0 spiro atoms. The number of nitrogens with zero attached hydrogens (tertiary/aromatic N) is 2. The fourth-order valence-electron chi connectivity index (χ4n) is 1.97. The van der Waals surface area contributed by atoms with Crippen LogP contribution in [-0.2, 0) is 4.79 Å². The van der Waals surface area contributed by atoms with Crippen molar-refractivity contribution in [2.75, 3.05) is 24.3 Å². The van der Waals surface area contributed by atoms with Gasteiger partial charge >= 0.3 is 0 Å². The van der Waals surface area contributed by atoms with Gasteiger partial charge < -0.3 is 15.4 Å². The Morgan fingerprint density at radius 2 is 2.12 bits per heavy atom. The number of nitrogens with one attached hydrogen (secondary N) is 2. The van der Waals surface area contributed by atoms with E-state index in [1.807, 2.05) is 6.07 Å². The van der Waals surface area contributed by atoms with Gasteiger partial charge in [-0.25, -0.2) is 0 Å². The van der Waals surface area contributed by atoms with Crippen LogP contribution in [0.3, 0.4) is 0 Å². The number of nitro benzene ring substituents is 1. The van der Waals surface area contributed by atoms with Gasteiger partial charge in [-0.2, -0.15) is 5.26 Å². The molecule has 2 N–H and O–H groups in total. The Kier molecular flexibility index (Phi) is 5.31. The van der Waals surface area contributed by atoms with Crippen LogP contribution < -0.4 is 15.4 Å². The van der Waals surface area contributed by atoms with E-state index < -0.39 is 10.8 Å². The lowest BCUT2D eigenvalue weighted by atomic mass is 10.2. The predicted octanol–water partition coefficient (Wildman–Crippen LogP) is 2.53. The maximum absolute atomic E-state index is 12.0. The van der Waals surface area contributed by atoms with Crippen LogP contribution >= 0.6 is 0 Å². The second kappa shape index (κ2) is 7.60.